The van der Waals surface area contributed by atoms with Crippen molar-refractivity contribution in [3.63, 3.8) is 0 Å². The van der Waals surface area contributed by atoms with Crippen LogP contribution in [-0.2, 0) is 9.53 Å². The highest BCUT2D eigenvalue weighted by atomic mass is 35.5. The number of alkyl halides is 2. The average molecular weight is 284 g/mol. The Labute approximate surface area is 106 Å². The topological polar surface area (TPSA) is 52.3 Å². The maximum atomic E-state index is 13.5. The lowest BCUT2D eigenvalue weighted by Crippen LogP contribution is -2.41. The molecule has 7 heteroatoms. The molecule has 0 spiro atoms. The van der Waals surface area contributed by atoms with Crippen molar-refractivity contribution in [3.8, 4) is 0 Å². The highest BCUT2D eigenvalue weighted by molar-refractivity contribution is 6.34. The van der Waals surface area contributed by atoms with Crippen molar-refractivity contribution in [2.24, 2.45) is 5.73 Å². The molecular formula is C10H9Cl2F2NO2. The zero-order valence-electron chi connectivity index (χ0n) is 8.72. The van der Waals surface area contributed by atoms with Crippen molar-refractivity contribution in [3.05, 3.63) is 33.8 Å². The Bertz CT molecular complexity index is 420. The number of rotatable bonds is 3. The lowest BCUT2D eigenvalue weighted by atomic mass is 10.0. The monoisotopic (exact) mass is 283 g/mol. The van der Waals surface area contributed by atoms with Gasteiger partial charge in [-0.2, -0.15) is 8.78 Å². The van der Waals surface area contributed by atoms with E-state index in [4.69, 9.17) is 28.9 Å². The first-order valence-corrected chi connectivity index (χ1v) is 5.22. The van der Waals surface area contributed by atoms with Gasteiger partial charge in [-0.05, 0) is 23.8 Å². The Morgan fingerprint density at radius 3 is 2.24 bits per heavy atom. The summed E-state index contributed by atoms with van der Waals surface area (Å²) >= 11 is 11.3. The number of ether oxygens (including phenoxy) is 1. The van der Waals surface area contributed by atoms with E-state index in [9.17, 15) is 13.6 Å². The molecule has 3 nitrogen and oxygen atoms in total. The zero-order valence-corrected chi connectivity index (χ0v) is 10.2. The maximum Gasteiger partial charge on any atom is 0.378 e. The van der Waals surface area contributed by atoms with E-state index < -0.39 is 17.9 Å². The summed E-state index contributed by atoms with van der Waals surface area (Å²) in [5.41, 5.74) is 5.28. The number of carbonyl (C=O) groups is 1. The molecule has 0 aliphatic rings. The van der Waals surface area contributed by atoms with Gasteiger partial charge in [-0.15, -0.1) is 0 Å². The summed E-state index contributed by atoms with van der Waals surface area (Å²) in [6.07, 6.45) is 0. The van der Waals surface area contributed by atoms with Crippen LogP contribution in [0.1, 0.15) is 11.6 Å². The van der Waals surface area contributed by atoms with Crippen molar-refractivity contribution >= 4 is 29.2 Å². The van der Waals surface area contributed by atoms with Crippen molar-refractivity contribution < 1.29 is 18.3 Å². The smallest absolute Gasteiger partial charge is 0.378 e. The van der Waals surface area contributed by atoms with Crippen molar-refractivity contribution in [1.82, 2.24) is 0 Å². The van der Waals surface area contributed by atoms with Crippen LogP contribution < -0.4 is 5.73 Å². The quantitative estimate of drug-likeness (QED) is 0.868. The Morgan fingerprint density at radius 1 is 1.35 bits per heavy atom. The number of methoxy groups -OCH3 is 1. The SMILES string of the molecule is COC(=O)C(F)(F)C(N)c1cc(Cl)cc(Cl)c1. The third kappa shape index (κ3) is 3.06. The van der Waals surface area contributed by atoms with Gasteiger partial charge in [0, 0.05) is 10.0 Å². The first-order chi connectivity index (χ1) is 7.78. The molecule has 0 aliphatic heterocycles. The van der Waals surface area contributed by atoms with E-state index in [1.165, 1.54) is 18.2 Å². The number of nitrogens with two attached hydrogens (primary N) is 1. The molecule has 1 aromatic rings. The lowest BCUT2D eigenvalue weighted by Gasteiger charge is -2.21. The second-order valence-corrected chi connectivity index (χ2v) is 4.17. The molecule has 94 valence electrons. The Kier molecular flexibility index (Phi) is 4.30. The molecule has 1 rings (SSSR count). The van der Waals surface area contributed by atoms with E-state index >= 15 is 0 Å². The summed E-state index contributed by atoms with van der Waals surface area (Å²) in [7, 11) is 0.855. The summed E-state index contributed by atoms with van der Waals surface area (Å²) < 4.78 is 30.9. The van der Waals surface area contributed by atoms with Crippen LogP contribution in [0.3, 0.4) is 0 Å². The van der Waals surface area contributed by atoms with Gasteiger partial charge >= 0.3 is 11.9 Å². The van der Waals surface area contributed by atoms with Crippen LogP contribution >= 0.6 is 23.2 Å². The molecule has 1 unspecified atom stereocenters. The fourth-order valence-corrected chi connectivity index (χ4v) is 1.77. The third-order valence-corrected chi connectivity index (χ3v) is 2.53. The van der Waals surface area contributed by atoms with Gasteiger partial charge in [-0.3, -0.25) is 0 Å². The van der Waals surface area contributed by atoms with E-state index in [1.807, 2.05) is 0 Å². The van der Waals surface area contributed by atoms with E-state index in [1.54, 1.807) is 0 Å². The van der Waals surface area contributed by atoms with Gasteiger partial charge in [0.05, 0.1) is 7.11 Å². The average Bonchev–Trinajstić information content (AvgIpc) is 2.25. The minimum absolute atomic E-state index is 0.0436. The van der Waals surface area contributed by atoms with E-state index in [0.29, 0.717) is 0 Å². The predicted molar refractivity (Wildman–Crippen MR) is 60.4 cm³/mol. The highest BCUT2D eigenvalue weighted by Crippen LogP contribution is 2.33. The Balaban J connectivity index is 3.11. The summed E-state index contributed by atoms with van der Waals surface area (Å²) in [6, 6.07) is 1.94. The van der Waals surface area contributed by atoms with E-state index in [0.717, 1.165) is 7.11 Å². The van der Waals surface area contributed by atoms with Gasteiger partial charge in [0.2, 0.25) is 0 Å². The number of halogens is 4. The number of carbonyl (C=O) groups excluding carboxylic acids is 1. The van der Waals surface area contributed by atoms with Crippen molar-refractivity contribution in [2.45, 2.75) is 12.0 Å². The molecule has 0 radical (unpaired) electrons. The van der Waals surface area contributed by atoms with Gasteiger partial charge in [-0.1, -0.05) is 23.2 Å². The minimum Gasteiger partial charge on any atom is -0.465 e. The highest BCUT2D eigenvalue weighted by Gasteiger charge is 2.47. The second kappa shape index (κ2) is 5.16. The molecule has 0 bridgehead atoms. The normalized spacial score (nSPS) is 13.3. The fraction of sp³-hybridized carbons (Fsp3) is 0.300. The number of benzene rings is 1. The van der Waals surface area contributed by atoms with Gasteiger partial charge in [0.1, 0.15) is 6.04 Å². The summed E-state index contributed by atoms with van der Waals surface area (Å²) in [5, 5.41) is 0.312. The van der Waals surface area contributed by atoms with E-state index in [2.05, 4.69) is 4.74 Å². The Hall–Kier alpha value is -0.910. The van der Waals surface area contributed by atoms with Gasteiger partial charge in [0.15, 0.2) is 0 Å². The molecule has 0 heterocycles. The summed E-state index contributed by atoms with van der Waals surface area (Å²) in [5.74, 6) is -5.55. The van der Waals surface area contributed by atoms with Crippen LogP contribution in [0.15, 0.2) is 18.2 Å². The molecule has 0 aromatic heterocycles. The third-order valence-electron chi connectivity index (χ3n) is 2.09. The molecule has 0 saturated carbocycles. The van der Waals surface area contributed by atoms with Crippen molar-refractivity contribution in [1.29, 1.82) is 0 Å². The number of hydrogen-bond acceptors (Lipinski definition) is 3. The second-order valence-electron chi connectivity index (χ2n) is 3.30. The largest absolute Gasteiger partial charge is 0.465 e. The number of hydrogen-bond donors (Lipinski definition) is 1. The van der Waals surface area contributed by atoms with Crippen LogP contribution in [-0.4, -0.2) is 19.0 Å². The van der Waals surface area contributed by atoms with Gasteiger partial charge in [-0.25, -0.2) is 4.79 Å². The van der Waals surface area contributed by atoms with Gasteiger partial charge < -0.3 is 10.5 Å². The molecule has 0 saturated heterocycles. The minimum atomic E-state index is -3.84. The molecule has 17 heavy (non-hydrogen) atoms. The Morgan fingerprint density at radius 2 is 1.82 bits per heavy atom. The lowest BCUT2D eigenvalue weighted by molar-refractivity contribution is -0.172. The van der Waals surface area contributed by atoms with Crippen LogP contribution in [0.25, 0.3) is 0 Å². The first-order valence-electron chi connectivity index (χ1n) is 4.47. The summed E-state index contributed by atoms with van der Waals surface area (Å²) in [4.78, 5) is 10.9. The maximum absolute atomic E-state index is 13.5. The van der Waals surface area contributed by atoms with Crippen LogP contribution in [0.2, 0.25) is 10.0 Å². The molecule has 0 aliphatic carbocycles. The predicted octanol–water partition coefficient (Wildman–Crippen LogP) is 2.80. The van der Waals surface area contributed by atoms with Crippen LogP contribution in [0.4, 0.5) is 8.78 Å². The zero-order chi connectivity index (χ0) is 13.2. The van der Waals surface area contributed by atoms with Gasteiger partial charge in [0.25, 0.3) is 0 Å². The van der Waals surface area contributed by atoms with E-state index in [-0.39, 0.29) is 15.6 Å². The molecule has 2 N–H and O–H groups in total. The molecule has 0 amide bonds. The molecule has 0 fully saturated rings. The molecule has 1 aromatic carbocycles. The van der Waals surface area contributed by atoms with Crippen LogP contribution in [0, 0.1) is 0 Å². The standard InChI is InChI=1S/C10H9Cl2F2NO2/c1-17-9(16)10(13,14)8(15)5-2-6(11)4-7(12)3-5/h2-4,8H,15H2,1H3. The fourth-order valence-electron chi connectivity index (χ4n) is 1.23. The molecular weight excluding hydrogens is 275 g/mol. The number of esters is 1. The molecule has 1 atom stereocenters. The van der Waals surface area contributed by atoms with Crippen molar-refractivity contribution in [2.75, 3.05) is 7.11 Å². The first kappa shape index (κ1) is 14.2. The van der Waals surface area contributed by atoms with Crippen LogP contribution in [0.5, 0.6) is 0 Å². The summed E-state index contributed by atoms with van der Waals surface area (Å²) in [6.45, 7) is 0.